The van der Waals surface area contributed by atoms with Gasteiger partial charge in [0.15, 0.2) is 6.61 Å². The van der Waals surface area contributed by atoms with Gasteiger partial charge in [0.25, 0.3) is 5.91 Å². The van der Waals surface area contributed by atoms with Crippen molar-refractivity contribution in [1.82, 2.24) is 10.9 Å². The van der Waals surface area contributed by atoms with Crippen LogP contribution in [0.3, 0.4) is 0 Å². The number of unbranched alkanes of at least 4 members (excludes halogenated alkanes) is 1. The molecule has 0 atom stereocenters. The number of hydrogen-bond acceptors (Lipinski definition) is 3. The minimum absolute atomic E-state index is 0.128. The van der Waals surface area contributed by atoms with Crippen LogP contribution in [0, 0.1) is 6.92 Å². The fraction of sp³-hybridized carbons (Fsp3) is 0.429. The third kappa shape index (κ3) is 6.45. The van der Waals surface area contributed by atoms with Crippen LogP contribution in [0.2, 0.25) is 0 Å². The molecular weight excluding hydrogens is 244 g/mol. The average Bonchev–Trinajstić information content (AvgIpc) is 2.42. The molecule has 0 aliphatic carbocycles. The molecule has 104 valence electrons. The Labute approximate surface area is 113 Å². The summed E-state index contributed by atoms with van der Waals surface area (Å²) in [6.07, 6.45) is 2.16. The van der Waals surface area contributed by atoms with Gasteiger partial charge in [-0.05, 0) is 25.5 Å². The van der Waals surface area contributed by atoms with Crippen LogP contribution in [0.1, 0.15) is 31.7 Å². The van der Waals surface area contributed by atoms with Crippen LogP contribution in [0.25, 0.3) is 0 Å². The van der Waals surface area contributed by atoms with Gasteiger partial charge in [0, 0.05) is 6.42 Å². The van der Waals surface area contributed by atoms with Gasteiger partial charge < -0.3 is 4.74 Å². The zero-order valence-electron chi connectivity index (χ0n) is 11.4. The van der Waals surface area contributed by atoms with E-state index in [-0.39, 0.29) is 18.4 Å². The monoisotopic (exact) mass is 264 g/mol. The summed E-state index contributed by atoms with van der Waals surface area (Å²) >= 11 is 0. The highest BCUT2D eigenvalue weighted by Crippen LogP contribution is 2.10. The highest BCUT2D eigenvalue weighted by Gasteiger charge is 2.05. The van der Waals surface area contributed by atoms with E-state index in [2.05, 4.69) is 10.9 Å². The minimum Gasteiger partial charge on any atom is -0.484 e. The Morgan fingerprint density at radius 1 is 1.11 bits per heavy atom. The lowest BCUT2D eigenvalue weighted by molar-refractivity contribution is -0.130. The molecule has 0 aromatic heterocycles. The number of rotatable bonds is 6. The van der Waals surface area contributed by atoms with Gasteiger partial charge in [-0.1, -0.05) is 31.0 Å². The van der Waals surface area contributed by atoms with E-state index in [1.165, 1.54) is 0 Å². The van der Waals surface area contributed by atoms with Crippen LogP contribution in [0.15, 0.2) is 24.3 Å². The molecule has 1 rings (SSSR count). The minimum atomic E-state index is -0.384. The molecule has 0 spiro atoms. The molecule has 5 heteroatoms. The fourth-order valence-electron chi connectivity index (χ4n) is 1.36. The first-order chi connectivity index (χ1) is 9.11. The van der Waals surface area contributed by atoms with Crippen LogP contribution in [0.5, 0.6) is 5.75 Å². The maximum Gasteiger partial charge on any atom is 0.276 e. The summed E-state index contributed by atoms with van der Waals surface area (Å²) in [7, 11) is 0. The van der Waals surface area contributed by atoms with Gasteiger partial charge in [-0.2, -0.15) is 0 Å². The smallest absolute Gasteiger partial charge is 0.276 e. The second-order valence-electron chi connectivity index (χ2n) is 4.30. The zero-order chi connectivity index (χ0) is 14.1. The van der Waals surface area contributed by atoms with Crippen LogP contribution in [0.4, 0.5) is 0 Å². The van der Waals surface area contributed by atoms with Gasteiger partial charge in [-0.15, -0.1) is 0 Å². The van der Waals surface area contributed by atoms with Gasteiger partial charge >= 0.3 is 0 Å². The van der Waals surface area contributed by atoms with Crippen LogP contribution < -0.4 is 15.6 Å². The van der Waals surface area contributed by atoms with Crippen LogP contribution >= 0.6 is 0 Å². The Morgan fingerprint density at radius 2 is 1.74 bits per heavy atom. The summed E-state index contributed by atoms with van der Waals surface area (Å²) < 4.78 is 5.27. The predicted octanol–water partition coefficient (Wildman–Crippen LogP) is 1.71. The van der Waals surface area contributed by atoms with Crippen molar-refractivity contribution in [3.8, 4) is 5.75 Å². The summed E-state index contributed by atoms with van der Waals surface area (Å²) in [5, 5.41) is 0. The Kier molecular flexibility index (Phi) is 6.43. The lowest BCUT2D eigenvalue weighted by Crippen LogP contribution is -2.43. The van der Waals surface area contributed by atoms with Crippen LogP contribution in [-0.2, 0) is 9.59 Å². The number of nitrogens with one attached hydrogen (secondary N) is 2. The van der Waals surface area contributed by atoms with Gasteiger partial charge in [0.1, 0.15) is 5.75 Å². The third-order valence-electron chi connectivity index (χ3n) is 2.49. The van der Waals surface area contributed by atoms with E-state index < -0.39 is 0 Å². The average molecular weight is 264 g/mol. The molecule has 0 fully saturated rings. The fourth-order valence-corrected chi connectivity index (χ4v) is 1.36. The summed E-state index contributed by atoms with van der Waals surface area (Å²) in [4.78, 5) is 22.7. The Balaban J connectivity index is 2.21. The molecule has 2 N–H and O–H groups in total. The normalized spacial score (nSPS) is 9.79. The predicted molar refractivity (Wildman–Crippen MR) is 72.5 cm³/mol. The van der Waals surface area contributed by atoms with Gasteiger partial charge in [-0.25, -0.2) is 0 Å². The molecule has 1 aromatic carbocycles. The van der Waals surface area contributed by atoms with Crippen molar-refractivity contribution in [2.24, 2.45) is 0 Å². The third-order valence-corrected chi connectivity index (χ3v) is 2.49. The molecule has 5 nitrogen and oxygen atoms in total. The van der Waals surface area contributed by atoms with E-state index in [9.17, 15) is 9.59 Å². The van der Waals surface area contributed by atoms with Gasteiger partial charge in [0.05, 0.1) is 0 Å². The number of aryl methyl sites for hydroxylation is 1. The first kappa shape index (κ1) is 15.0. The first-order valence-electron chi connectivity index (χ1n) is 6.39. The molecular formula is C14H20N2O3. The number of benzene rings is 1. The number of hydrazine groups is 1. The maximum atomic E-state index is 11.4. The lowest BCUT2D eigenvalue weighted by atomic mass is 10.2. The van der Waals surface area contributed by atoms with E-state index in [1.54, 1.807) is 12.1 Å². The maximum absolute atomic E-state index is 11.4. The van der Waals surface area contributed by atoms with Crippen molar-refractivity contribution in [3.63, 3.8) is 0 Å². The number of hydrogen-bond donors (Lipinski definition) is 2. The summed E-state index contributed by atoms with van der Waals surface area (Å²) in [6.45, 7) is 3.85. The van der Waals surface area contributed by atoms with E-state index in [4.69, 9.17) is 4.74 Å². The van der Waals surface area contributed by atoms with E-state index >= 15 is 0 Å². The second-order valence-corrected chi connectivity index (χ2v) is 4.30. The van der Waals surface area contributed by atoms with Gasteiger partial charge in [-0.3, -0.25) is 20.4 Å². The molecule has 0 aliphatic rings. The Morgan fingerprint density at radius 3 is 2.37 bits per heavy atom. The molecule has 0 radical (unpaired) electrons. The number of amides is 2. The summed E-state index contributed by atoms with van der Waals surface area (Å²) in [6, 6.07) is 7.39. The van der Waals surface area contributed by atoms with Crippen molar-refractivity contribution < 1.29 is 14.3 Å². The SMILES string of the molecule is CCCCC(=O)NNC(=O)COc1ccc(C)cc1. The van der Waals surface area contributed by atoms with E-state index in [0.29, 0.717) is 12.2 Å². The van der Waals surface area contributed by atoms with Crippen molar-refractivity contribution >= 4 is 11.8 Å². The van der Waals surface area contributed by atoms with Crippen molar-refractivity contribution in [3.05, 3.63) is 29.8 Å². The van der Waals surface area contributed by atoms with Crippen LogP contribution in [-0.4, -0.2) is 18.4 Å². The lowest BCUT2D eigenvalue weighted by Gasteiger charge is -2.08. The van der Waals surface area contributed by atoms with E-state index in [1.807, 2.05) is 26.0 Å². The molecule has 1 aromatic rings. The number of ether oxygens (including phenoxy) is 1. The van der Waals surface area contributed by atoms with Crippen molar-refractivity contribution in [1.29, 1.82) is 0 Å². The number of carbonyl (C=O) groups is 2. The largest absolute Gasteiger partial charge is 0.484 e. The van der Waals surface area contributed by atoms with E-state index in [0.717, 1.165) is 18.4 Å². The highest BCUT2D eigenvalue weighted by atomic mass is 16.5. The molecule has 0 aliphatic heterocycles. The molecule has 0 saturated heterocycles. The molecule has 19 heavy (non-hydrogen) atoms. The molecule has 2 amide bonds. The molecule has 0 unspecified atom stereocenters. The molecule has 0 bridgehead atoms. The topological polar surface area (TPSA) is 67.4 Å². The highest BCUT2D eigenvalue weighted by molar-refractivity contribution is 5.82. The molecule has 0 saturated carbocycles. The summed E-state index contributed by atoms with van der Waals surface area (Å²) in [5.41, 5.74) is 5.78. The number of carbonyl (C=O) groups excluding carboxylic acids is 2. The van der Waals surface area contributed by atoms with Crippen molar-refractivity contribution in [2.75, 3.05) is 6.61 Å². The first-order valence-corrected chi connectivity index (χ1v) is 6.39. The zero-order valence-corrected chi connectivity index (χ0v) is 11.4. The quantitative estimate of drug-likeness (QED) is 0.769. The Hall–Kier alpha value is -2.04. The van der Waals surface area contributed by atoms with Crippen molar-refractivity contribution in [2.45, 2.75) is 33.1 Å². The second kappa shape index (κ2) is 8.13. The molecule has 0 heterocycles. The standard InChI is InChI=1S/C14H20N2O3/c1-3-4-5-13(17)15-16-14(18)10-19-12-8-6-11(2)7-9-12/h6-9H,3-5,10H2,1-2H3,(H,15,17)(H,16,18). The Bertz CT molecular complexity index is 415. The van der Waals surface area contributed by atoms with Gasteiger partial charge in [0.2, 0.25) is 5.91 Å². The summed E-state index contributed by atoms with van der Waals surface area (Å²) in [5.74, 6) is 0.0500.